The summed E-state index contributed by atoms with van der Waals surface area (Å²) in [6, 6.07) is 0. The third-order valence-electron chi connectivity index (χ3n) is 3.37. The van der Waals surface area contributed by atoms with Crippen LogP contribution in [0.25, 0.3) is 0 Å². The van der Waals surface area contributed by atoms with E-state index in [2.05, 4.69) is 27.7 Å². The smallest absolute Gasteiger partial charge is 0.309 e. The van der Waals surface area contributed by atoms with Crippen LogP contribution in [-0.4, -0.2) is 31.2 Å². The van der Waals surface area contributed by atoms with Crippen LogP contribution in [0.1, 0.15) is 54.4 Å². The number of hydrogen-bond acceptors (Lipinski definition) is 4. The van der Waals surface area contributed by atoms with E-state index < -0.39 is 7.80 Å². The summed E-state index contributed by atoms with van der Waals surface area (Å²) in [5.74, 6) is 0.263. The van der Waals surface area contributed by atoms with Crippen molar-refractivity contribution in [2.24, 2.45) is 17.8 Å². The lowest BCUT2D eigenvalue weighted by atomic mass is 10.1. The van der Waals surface area contributed by atoms with Gasteiger partial charge in [-0.2, -0.15) is 0 Å². The lowest BCUT2D eigenvalue weighted by Gasteiger charge is -2.17. The SMILES string of the molecule is CC(C)CCOC(=O)C(C)C[PH](=O)C(C)OCCC(C)C. The van der Waals surface area contributed by atoms with Crippen molar-refractivity contribution >= 4 is 13.8 Å². The van der Waals surface area contributed by atoms with Crippen molar-refractivity contribution in [1.82, 2.24) is 0 Å². The maximum Gasteiger partial charge on any atom is 0.309 e. The topological polar surface area (TPSA) is 52.6 Å². The molecule has 0 N–H and O–H groups in total. The van der Waals surface area contributed by atoms with Gasteiger partial charge in [-0.3, -0.25) is 4.79 Å². The molecule has 0 bridgehead atoms. The Bertz CT molecular complexity index is 315. The molecular formula is C16H33O4P. The predicted octanol–water partition coefficient (Wildman–Crippen LogP) is 4.18. The third kappa shape index (κ3) is 11.0. The first-order valence-electron chi connectivity index (χ1n) is 8.05. The zero-order chi connectivity index (χ0) is 16.4. The Morgan fingerprint density at radius 2 is 1.48 bits per heavy atom. The van der Waals surface area contributed by atoms with Crippen molar-refractivity contribution in [2.75, 3.05) is 19.4 Å². The van der Waals surface area contributed by atoms with E-state index in [9.17, 15) is 9.36 Å². The van der Waals surface area contributed by atoms with Gasteiger partial charge in [0.25, 0.3) is 0 Å². The number of carbonyl (C=O) groups is 1. The molecule has 0 spiro atoms. The molecule has 4 nitrogen and oxygen atoms in total. The first-order chi connectivity index (χ1) is 9.73. The molecule has 0 aromatic rings. The van der Waals surface area contributed by atoms with Gasteiger partial charge in [0.1, 0.15) is 13.6 Å². The Hall–Kier alpha value is -0.340. The van der Waals surface area contributed by atoms with Crippen molar-refractivity contribution in [3.63, 3.8) is 0 Å². The fourth-order valence-electron chi connectivity index (χ4n) is 1.66. The summed E-state index contributed by atoms with van der Waals surface area (Å²) in [6.45, 7) is 13.1. The molecule has 0 aliphatic heterocycles. The average Bonchev–Trinajstić information content (AvgIpc) is 2.37. The highest BCUT2D eigenvalue weighted by atomic mass is 31.1. The first-order valence-corrected chi connectivity index (χ1v) is 9.74. The second-order valence-corrected chi connectivity index (χ2v) is 8.77. The number of rotatable bonds is 11. The van der Waals surface area contributed by atoms with E-state index in [0.29, 0.717) is 31.2 Å². The minimum absolute atomic E-state index is 0.247. The van der Waals surface area contributed by atoms with E-state index in [4.69, 9.17) is 9.47 Å². The molecule has 0 amide bonds. The largest absolute Gasteiger partial charge is 0.465 e. The number of hydrogen-bond donors (Lipinski definition) is 0. The molecule has 3 unspecified atom stereocenters. The molecule has 0 aromatic carbocycles. The molecular weight excluding hydrogens is 287 g/mol. The highest BCUT2D eigenvalue weighted by Gasteiger charge is 2.21. The zero-order valence-electron chi connectivity index (χ0n) is 14.5. The molecule has 0 fully saturated rings. The Balaban J connectivity index is 3.98. The molecule has 3 atom stereocenters. The zero-order valence-corrected chi connectivity index (χ0v) is 15.5. The van der Waals surface area contributed by atoms with Gasteiger partial charge in [-0.25, -0.2) is 0 Å². The second-order valence-electron chi connectivity index (χ2n) is 6.62. The van der Waals surface area contributed by atoms with Gasteiger partial charge in [0.2, 0.25) is 0 Å². The van der Waals surface area contributed by atoms with Crippen LogP contribution in [0, 0.1) is 17.8 Å². The Morgan fingerprint density at radius 3 is 2.00 bits per heavy atom. The average molecular weight is 320 g/mol. The van der Waals surface area contributed by atoms with E-state index in [-0.39, 0.29) is 17.7 Å². The van der Waals surface area contributed by atoms with Crippen LogP contribution in [0.15, 0.2) is 0 Å². The van der Waals surface area contributed by atoms with E-state index in [1.807, 2.05) is 6.92 Å². The molecule has 0 radical (unpaired) electrons. The fourth-order valence-corrected chi connectivity index (χ4v) is 3.07. The number of ether oxygens (including phenoxy) is 2. The van der Waals surface area contributed by atoms with E-state index in [0.717, 1.165) is 12.8 Å². The normalized spacial score (nSPS) is 16.0. The van der Waals surface area contributed by atoms with Crippen LogP contribution in [0.4, 0.5) is 0 Å². The highest BCUT2D eigenvalue weighted by Crippen LogP contribution is 2.31. The molecule has 5 heteroatoms. The summed E-state index contributed by atoms with van der Waals surface area (Å²) < 4.78 is 23.0. The van der Waals surface area contributed by atoms with E-state index in [1.54, 1.807) is 6.92 Å². The van der Waals surface area contributed by atoms with Gasteiger partial charge < -0.3 is 14.0 Å². The highest BCUT2D eigenvalue weighted by molar-refractivity contribution is 7.45. The maximum absolute atomic E-state index is 12.2. The lowest BCUT2D eigenvalue weighted by molar-refractivity contribution is -0.147. The molecule has 0 aliphatic rings. The molecule has 0 aromatic heterocycles. The predicted molar refractivity (Wildman–Crippen MR) is 88.3 cm³/mol. The first kappa shape index (κ1) is 20.7. The molecule has 0 rings (SSSR count). The van der Waals surface area contributed by atoms with Crippen molar-refractivity contribution < 1.29 is 18.8 Å². The van der Waals surface area contributed by atoms with Crippen LogP contribution in [0.3, 0.4) is 0 Å². The van der Waals surface area contributed by atoms with Crippen molar-refractivity contribution in [2.45, 2.75) is 60.2 Å². The molecule has 0 saturated heterocycles. The number of carbonyl (C=O) groups excluding carboxylic acids is 1. The third-order valence-corrected chi connectivity index (χ3v) is 5.45. The van der Waals surface area contributed by atoms with Crippen molar-refractivity contribution in [3.05, 3.63) is 0 Å². The summed E-state index contributed by atoms with van der Waals surface area (Å²) in [7, 11) is -1.92. The molecule has 126 valence electrons. The van der Waals surface area contributed by atoms with Gasteiger partial charge in [-0.05, 0) is 31.6 Å². The summed E-state index contributed by atoms with van der Waals surface area (Å²) >= 11 is 0. The summed E-state index contributed by atoms with van der Waals surface area (Å²) in [5, 5.41) is 0. The Labute approximate surface area is 130 Å². The van der Waals surface area contributed by atoms with Gasteiger partial charge in [0.05, 0.1) is 12.5 Å². The number of esters is 1. The van der Waals surface area contributed by atoms with Crippen molar-refractivity contribution in [3.8, 4) is 0 Å². The Morgan fingerprint density at radius 1 is 0.952 bits per heavy atom. The van der Waals surface area contributed by atoms with Crippen LogP contribution in [-0.2, 0) is 18.8 Å². The van der Waals surface area contributed by atoms with E-state index >= 15 is 0 Å². The molecule has 21 heavy (non-hydrogen) atoms. The minimum atomic E-state index is -1.92. The summed E-state index contributed by atoms with van der Waals surface area (Å²) in [4.78, 5) is 11.8. The van der Waals surface area contributed by atoms with Gasteiger partial charge in [0, 0.05) is 12.8 Å². The van der Waals surface area contributed by atoms with Gasteiger partial charge in [-0.1, -0.05) is 34.6 Å². The van der Waals surface area contributed by atoms with Crippen LogP contribution in [0.5, 0.6) is 0 Å². The van der Waals surface area contributed by atoms with Gasteiger partial charge in [-0.15, -0.1) is 0 Å². The second kappa shape index (κ2) is 11.3. The van der Waals surface area contributed by atoms with Gasteiger partial charge in [0.15, 0.2) is 0 Å². The molecule has 0 saturated carbocycles. The van der Waals surface area contributed by atoms with E-state index in [1.165, 1.54) is 0 Å². The fraction of sp³-hybridized carbons (Fsp3) is 0.938. The van der Waals surface area contributed by atoms with Crippen LogP contribution >= 0.6 is 7.80 Å². The minimum Gasteiger partial charge on any atom is -0.465 e. The van der Waals surface area contributed by atoms with Gasteiger partial charge >= 0.3 is 5.97 Å². The molecule has 0 aliphatic carbocycles. The summed E-state index contributed by atoms with van der Waals surface area (Å²) in [5.41, 5.74) is 0. The molecule has 0 heterocycles. The van der Waals surface area contributed by atoms with Crippen LogP contribution < -0.4 is 0 Å². The van der Waals surface area contributed by atoms with Crippen molar-refractivity contribution in [1.29, 1.82) is 0 Å². The maximum atomic E-state index is 12.2. The van der Waals surface area contributed by atoms with Crippen LogP contribution in [0.2, 0.25) is 0 Å². The quantitative estimate of drug-likeness (QED) is 0.423. The Kier molecular flexibility index (Phi) is 11.1. The lowest BCUT2D eigenvalue weighted by Crippen LogP contribution is -2.20. The standard InChI is InChI=1S/C16H33O4P/c1-12(2)7-9-19-15(6)21(18)11-14(5)16(17)20-10-8-13(3)4/h12-15,21H,7-11H2,1-6H3. The summed E-state index contributed by atoms with van der Waals surface area (Å²) in [6.07, 6.45) is 2.20. The monoisotopic (exact) mass is 320 g/mol.